The van der Waals surface area contributed by atoms with Crippen LogP contribution in [0.5, 0.6) is 0 Å². The Kier molecular flexibility index (Phi) is 9.46. The maximum atomic E-state index is 13.9. The highest BCUT2D eigenvalue weighted by atomic mass is 19.1. The molecule has 1 fully saturated rings. The van der Waals surface area contributed by atoms with Crippen LogP contribution in [0.3, 0.4) is 0 Å². The minimum atomic E-state index is -0.736. The van der Waals surface area contributed by atoms with Gasteiger partial charge in [-0.1, -0.05) is 52.0 Å². The predicted octanol–water partition coefficient (Wildman–Crippen LogP) is 4.20. The Labute approximate surface area is 194 Å². The Morgan fingerprint density at radius 2 is 1.67 bits per heavy atom. The van der Waals surface area contributed by atoms with E-state index in [0.717, 1.165) is 24.4 Å². The molecule has 8 heteroatoms. The lowest BCUT2D eigenvalue weighted by atomic mass is 10.0. The van der Waals surface area contributed by atoms with E-state index in [1.165, 1.54) is 0 Å². The predicted molar refractivity (Wildman–Crippen MR) is 125 cm³/mol. The van der Waals surface area contributed by atoms with Crippen molar-refractivity contribution in [2.45, 2.75) is 65.6 Å². The third-order valence-corrected chi connectivity index (χ3v) is 5.75. The highest BCUT2D eigenvalue weighted by Crippen LogP contribution is 2.27. The van der Waals surface area contributed by atoms with E-state index in [4.69, 9.17) is 5.73 Å². The number of amides is 2. The van der Waals surface area contributed by atoms with Crippen LogP contribution in [-0.4, -0.2) is 40.3 Å². The van der Waals surface area contributed by atoms with Crippen molar-refractivity contribution in [1.29, 1.82) is 0 Å². The lowest BCUT2D eigenvalue weighted by Crippen LogP contribution is -2.52. The third kappa shape index (κ3) is 6.13. The summed E-state index contributed by atoms with van der Waals surface area (Å²) in [5.74, 6) is -1.92. The molecule has 1 aliphatic heterocycles. The molecule has 2 aromatic rings. The van der Waals surface area contributed by atoms with Gasteiger partial charge in [-0.2, -0.15) is 0 Å². The summed E-state index contributed by atoms with van der Waals surface area (Å²) < 4.78 is 27.9. The first kappa shape index (κ1) is 26.4. The average molecular weight is 461 g/mol. The van der Waals surface area contributed by atoms with Gasteiger partial charge in [0.15, 0.2) is 11.6 Å². The van der Waals surface area contributed by atoms with Crippen LogP contribution in [0.1, 0.15) is 59.1 Å². The standard InChI is InChI=1S/C23H28F2N4O2.C2H6/c1-13(2)21(26)23(31)29-10-4-5-19(29)22(30)28-14(3)15-6-8-16(9-7-15)20-17(24)11-27-12-18(20)25;1-2/h6-9,11-14,19,21H,4-5,10,26H2,1-3H3,(H,28,30);1-2H3. The monoisotopic (exact) mass is 460 g/mol. The number of carbonyl (C=O) groups is 2. The SMILES string of the molecule is CC.CC(NC(=O)C1CCCN1C(=O)C(N)C(C)C)c1ccc(-c2c(F)cncc2F)cc1. The molecule has 0 radical (unpaired) electrons. The lowest BCUT2D eigenvalue weighted by molar-refractivity contribution is -0.140. The fourth-order valence-corrected chi connectivity index (χ4v) is 3.80. The summed E-state index contributed by atoms with van der Waals surface area (Å²) in [5.41, 5.74) is 7.02. The second-order valence-corrected chi connectivity index (χ2v) is 8.29. The molecule has 1 aliphatic rings. The second kappa shape index (κ2) is 11.8. The Morgan fingerprint density at radius 1 is 1.09 bits per heavy atom. The van der Waals surface area contributed by atoms with Gasteiger partial charge in [-0.25, -0.2) is 8.78 Å². The molecular formula is C25H34F2N4O2. The Hall–Kier alpha value is -2.87. The quantitative estimate of drug-likeness (QED) is 0.676. The van der Waals surface area contributed by atoms with E-state index in [1.54, 1.807) is 29.2 Å². The zero-order valence-electron chi connectivity index (χ0n) is 19.9. The van der Waals surface area contributed by atoms with Crippen molar-refractivity contribution in [2.75, 3.05) is 6.54 Å². The van der Waals surface area contributed by atoms with Gasteiger partial charge in [-0.3, -0.25) is 14.6 Å². The van der Waals surface area contributed by atoms with Gasteiger partial charge in [0.05, 0.1) is 30.0 Å². The number of aromatic nitrogens is 1. The lowest BCUT2D eigenvalue weighted by Gasteiger charge is -2.29. The van der Waals surface area contributed by atoms with Crippen LogP contribution < -0.4 is 11.1 Å². The minimum absolute atomic E-state index is 0.00989. The molecule has 6 nitrogen and oxygen atoms in total. The van der Waals surface area contributed by atoms with Gasteiger partial charge in [-0.15, -0.1) is 0 Å². The summed E-state index contributed by atoms with van der Waals surface area (Å²) in [4.78, 5) is 30.6. The number of hydrogen-bond acceptors (Lipinski definition) is 4. The molecule has 33 heavy (non-hydrogen) atoms. The number of rotatable bonds is 6. The van der Waals surface area contributed by atoms with E-state index in [-0.39, 0.29) is 29.3 Å². The van der Waals surface area contributed by atoms with Crippen molar-refractivity contribution >= 4 is 11.8 Å². The first-order valence-electron chi connectivity index (χ1n) is 11.5. The van der Waals surface area contributed by atoms with Crippen molar-refractivity contribution in [1.82, 2.24) is 15.2 Å². The topological polar surface area (TPSA) is 88.3 Å². The Bertz CT molecular complexity index is 930. The summed E-state index contributed by atoms with van der Waals surface area (Å²) in [6, 6.07) is 5.12. The number of benzene rings is 1. The zero-order valence-corrected chi connectivity index (χ0v) is 19.9. The van der Waals surface area contributed by atoms with Gasteiger partial charge in [0.2, 0.25) is 11.8 Å². The van der Waals surface area contributed by atoms with Gasteiger partial charge < -0.3 is 16.0 Å². The molecular weight excluding hydrogens is 426 g/mol. The van der Waals surface area contributed by atoms with Crippen molar-refractivity contribution in [3.05, 3.63) is 53.9 Å². The maximum absolute atomic E-state index is 13.9. The number of hydrogen-bond donors (Lipinski definition) is 2. The van der Waals surface area contributed by atoms with Crippen LogP contribution in [0.25, 0.3) is 11.1 Å². The van der Waals surface area contributed by atoms with Crippen LogP contribution >= 0.6 is 0 Å². The van der Waals surface area contributed by atoms with Crippen LogP contribution in [0.4, 0.5) is 8.78 Å². The van der Waals surface area contributed by atoms with Gasteiger partial charge in [0.1, 0.15) is 6.04 Å². The number of likely N-dealkylation sites (tertiary alicyclic amines) is 1. The van der Waals surface area contributed by atoms with Crippen LogP contribution in [0.15, 0.2) is 36.7 Å². The Balaban J connectivity index is 0.00000187. The smallest absolute Gasteiger partial charge is 0.243 e. The molecule has 0 aliphatic carbocycles. The van der Waals surface area contributed by atoms with Gasteiger partial charge >= 0.3 is 0 Å². The Morgan fingerprint density at radius 3 is 2.21 bits per heavy atom. The molecule has 2 heterocycles. The molecule has 1 saturated heterocycles. The maximum Gasteiger partial charge on any atom is 0.243 e. The highest BCUT2D eigenvalue weighted by Gasteiger charge is 2.37. The molecule has 1 aromatic carbocycles. The van der Waals surface area contributed by atoms with E-state index in [2.05, 4.69) is 10.3 Å². The van der Waals surface area contributed by atoms with E-state index in [0.29, 0.717) is 18.5 Å². The highest BCUT2D eigenvalue weighted by molar-refractivity contribution is 5.90. The summed E-state index contributed by atoms with van der Waals surface area (Å²) in [7, 11) is 0. The molecule has 3 rings (SSSR count). The largest absolute Gasteiger partial charge is 0.348 e. The number of nitrogens with zero attached hydrogens (tertiary/aromatic N) is 2. The minimum Gasteiger partial charge on any atom is -0.348 e. The van der Waals surface area contributed by atoms with Crippen molar-refractivity contribution in [3.63, 3.8) is 0 Å². The molecule has 180 valence electrons. The van der Waals surface area contributed by atoms with Crippen LogP contribution in [0.2, 0.25) is 0 Å². The normalized spacial score (nSPS) is 17.2. The van der Waals surface area contributed by atoms with Crippen LogP contribution in [0, 0.1) is 17.6 Å². The number of nitrogens with one attached hydrogen (secondary N) is 1. The van der Waals surface area contributed by atoms with Gasteiger partial charge in [0, 0.05) is 6.54 Å². The summed E-state index contributed by atoms with van der Waals surface area (Å²) >= 11 is 0. The first-order valence-corrected chi connectivity index (χ1v) is 11.5. The summed E-state index contributed by atoms with van der Waals surface area (Å²) in [6.45, 7) is 10.1. The van der Waals surface area contributed by atoms with E-state index in [1.807, 2.05) is 34.6 Å². The molecule has 0 bridgehead atoms. The third-order valence-electron chi connectivity index (χ3n) is 5.75. The molecule has 0 saturated carbocycles. The van der Waals surface area contributed by atoms with Crippen LogP contribution in [-0.2, 0) is 9.59 Å². The molecule has 1 aromatic heterocycles. The number of carbonyl (C=O) groups excluding carboxylic acids is 2. The molecule has 3 N–H and O–H groups in total. The molecule has 2 amide bonds. The van der Waals surface area contributed by atoms with E-state index < -0.39 is 23.7 Å². The van der Waals surface area contributed by atoms with E-state index in [9.17, 15) is 18.4 Å². The number of pyridine rings is 1. The second-order valence-electron chi connectivity index (χ2n) is 8.29. The molecule has 3 unspecified atom stereocenters. The average Bonchev–Trinajstić information content (AvgIpc) is 3.30. The molecule has 0 spiro atoms. The summed E-state index contributed by atoms with van der Waals surface area (Å²) in [6.07, 6.45) is 3.28. The van der Waals surface area contributed by atoms with Crippen molar-refractivity contribution in [2.24, 2.45) is 11.7 Å². The zero-order chi connectivity index (χ0) is 24.7. The first-order chi connectivity index (χ1) is 15.7. The summed E-state index contributed by atoms with van der Waals surface area (Å²) in [5, 5.41) is 2.94. The number of halogens is 2. The van der Waals surface area contributed by atoms with Crippen molar-refractivity contribution < 1.29 is 18.4 Å². The van der Waals surface area contributed by atoms with E-state index >= 15 is 0 Å². The van der Waals surface area contributed by atoms with Gasteiger partial charge in [0.25, 0.3) is 0 Å². The fraction of sp³-hybridized carbons (Fsp3) is 0.480. The molecule has 3 atom stereocenters. The number of nitrogens with two attached hydrogens (primary N) is 1. The van der Waals surface area contributed by atoms with Crippen molar-refractivity contribution in [3.8, 4) is 11.1 Å². The van der Waals surface area contributed by atoms with Gasteiger partial charge in [-0.05, 0) is 36.8 Å². The fourth-order valence-electron chi connectivity index (χ4n) is 3.80.